The summed E-state index contributed by atoms with van der Waals surface area (Å²) in [6.07, 6.45) is 8.65. The van der Waals surface area contributed by atoms with Crippen molar-refractivity contribution < 1.29 is 9.84 Å². The third-order valence-electron chi connectivity index (χ3n) is 5.77. The predicted octanol–water partition coefficient (Wildman–Crippen LogP) is 3.99. The van der Waals surface area contributed by atoms with Crippen LogP contribution in [-0.4, -0.2) is 27.9 Å². The zero-order chi connectivity index (χ0) is 21.8. The van der Waals surface area contributed by atoms with E-state index in [0.717, 1.165) is 19.3 Å². The molecule has 162 valence electrons. The zero-order valence-corrected chi connectivity index (χ0v) is 17.6. The quantitative estimate of drug-likeness (QED) is 0.501. The largest absolute Gasteiger partial charge is 0.494 e. The van der Waals surface area contributed by atoms with Crippen molar-refractivity contribution >= 4 is 17.0 Å². The summed E-state index contributed by atoms with van der Waals surface area (Å²) in [5.41, 5.74) is 1.77. The van der Waals surface area contributed by atoms with Crippen LogP contribution in [0.3, 0.4) is 0 Å². The maximum Gasteiger partial charge on any atom is 0.258 e. The number of benzene rings is 1. The molecule has 3 N–H and O–H groups in total. The van der Waals surface area contributed by atoms with Gasteiger partial charge in [-0.25, -0.2) is 0 Å². The number of fused-ring (bicyclic) bond motifs is 1. The summed E-state index contributed by atoms with van der Waals surface area (Å²) >= 11 is 0. The molecule has 0 unspecified atom stereocenters. The van der Waals surface area contributed by atoms with E-state index in [1.807, 2.05) is 25.1 Å². The molecule has 7 nitrogen and oxygen atoms in total. The molecule has 2 heterocycles. The van der Waals surface area contributed by atoms with Gasteiger partial charge < -0.3 is 14.8 Å². The second-order valence-corrected chi connectivity index (χ2v) is 8.01. The highest BCUT2D eigenvalue weighted by atomic mass is 16.5. The van der Waals surface area contributed by atoms with Crippen molar-refractivity contribution in [3.63, 3.8) is 0 Å². The fraction of sp³-hybridized carbons (Fsp3) is 0.375. The molecule has 0 amide bonds. The third-order valence-corrected chi connectivity index (χ3v) is 5.77. The number of rotatable bonds is 7. The molecular weight excluding hydrogens is 394 g/mol. The normalized spacial score (nSPS) is 14.6. The first kappa shape index (κ1) is 20.9. The number of aromatic nitrogens is 2. The number of H-pyrrole nitrogens is 2. The van der Waals surface area contributed by atoms with Crippen molar-refractivity contribution in [1.29, 1.82) is 0 Å². The van der Waals surface area contributed by atoms with Gasteiger partial charge in [0.2, 0.25) is 11.3 Å². The standard InChI is InChI=1S/C24H27N3O4/c1-2-9-31-22-14-26-17(11-21(22)28)12-25-13-20-19-10-16(15-5-3-4-6-15)7-8-18(19)23(29)27-24(20)30/h7-8,10-11,13-15H,2-6,9,12H2,1H3,(H,26,28)(H2,27,29,30). The number of ether oxygens (including phenoxy) is 1. The summed E-state index contributed by atoms with van der Waals surface area (Å²) in [7, 11) is 0. The minimum absolute atomic E-state index is 0.198. The third kappa shape index (κ3) is 4.55. The number of nitrogens with zero attached hydrogens (tertiary/aromatic N) is 1. The molecule has 1 aromatic carbocycles. The molecule has 0 atom stereocenters. The molecule has 0 bridgehead atoms. The average molecular weight is 421 g/mol. The lowest BCUT2D eigenvalue weighted by Crippen LogP contribution is -2.10. The summed E-state index contributed by atoms with van der Waals surface area (Å²) in [6.45, 7) is 2.69. The van der Waals surface area contributed by atoms with E-state index in [1.54, 1.807) is 12.4 Å². The fourth-order valence-corrected chi connectivity index (χ4v) is 4.15. The van der Waals surface area contributed by atoms with Gasteiger partial charge in [-0.3, -0.25) is 19.6 Å². The minimum Gasteiger partial charge on any atom is -0.494 e. The second kappa shape index (κ2) is 9.20. The van der Waals surface area contributed by atoms with E-state index in [0.29, 0.717) is 40.3 Å². The molecule has 0 spiro atoms. The van der Waals surface area contributed by atoms with Gasteiger partial charge in [0.15, 0.2) is 5.75 Å². The molecular formula is C24H27N3O4. The van der Waals surface area contributed by atoms with Crippen LogP contribution in [0, 0.1) is 0 Å². The molecule has 0 aliphatic heterocycles. The molecule has 1 aliphatic rings. The first-order valence-corrected chi connectivity index (χ1v) is 10.8. The Morgan fingerprint density at radius 3 is 2.74 bits per heavy atom. The van der Waals surface area contributed by atoms with Crippen molar-refractivity contribution in [2.45, 2.75) is 51.5 Å². The molecule has 0 saturated heterocycles. The van der Waals surface area contributed by atoms with Gasteiger partial charge in [0, 0.05) is 34.9 Å². The van der Waals surface area contributed by atoms with E-state index in [1.165, 1.54) is 24.5 Å². The van der Waals surface area contributed by atoms with Gasteiger partial charge in [0.05, 0.1) is 18.7 Å². The summed E-state index contributed by atoms with van der Waals surface area (Å²) in [4.78, 5) is 34.4. The molecule has 3 aromatic rings. The van der Waals surface area contributed by atoms with Crippen LogP contribution in [0.5, 0.6) is 11.6 Å². The van der Waals surface area contributed by atoms with E-state index < -0.39 is 0 Å². The van der Waals surface area contributed by atoms with Gasteiger partial charge in [-0.2, -0.15) is 0 Å². The van der Waals surface area contributed by atoms with Crippen molar-refractivity contribution in [3.8, 4) is 11.6 Å². The van der Waals surface area contributed by atoms with Gasteiger partial charge in [-0.15, -0.1) is 0 Å². The molecule has 7 heteroatoms. The fourth-order valence-electron chi connectivity index (χ4n) is 4.15. The molecule has 1 saturated carbocycles. The molecule has 2 aromatic heterocycles. The number of aliphatic imine (C=N–C) groups is 1. The number of pyridine rings is 2. The minimum atomic E-state index is -0.324. The monoisotopic (exact) mass is 421 g/mol. The van der Waals surface area contributed by atoms with E-state index in [4.69, 9.17) is 4.74 Å². The van der Waals surface area contributed by atoms with E-state index in [2.05, 4.69) is 15.0 Å². The highest BCUT2D eigenvalue weighted by Gasteiger charge is 2.19. The predicted molar refractivity (Wildman–Crippen MR) is 122 cm³/mol. The first-order chi connectivity index (χ1) is 15.1. The van der Waals surface area contributed by atoms with Crippen LogP contribution in [-0.2, 0) is 6.54 Å². The summed E-state index contributed by atoms with van der Waals surface area (Å²) in [5, 5.41) is 11.6. The number of aromatic hydroxyl groups is 1. The summed E-state index contributed by atoms with van der Waals surface area (Å²) in [6, 6.07) is 7.30. The van der Waals surface area contributed by atoms with E-state index >= 15 is 0 Å². The van der Waals surface area contributed by atoms with Crippen LogP contribution in [0.4, 0.5) is 0 Å². The lowest BCUT2D eigenvalue weighted by atomic mass is 9.94. The zero-order valence-electron chi connectivity index (χ0n) is 17.6. The number of aromatic amines is 2. The van der Waals surface area contributed by atoms with Gasteiger partial charge >= 0.3 is 0 Å². The van der Waals surface area contributed by atoms with Crippen LogP contribution < -0.4 is 15.7 Å². The van der Waals surface area contributed by atoms with Crippen LogP contribution in [0.15, 0.2) is 45.0 Å². The molecule has 0 radical (unpaired) electrons. The SMILES string of the molecule is CCCOc1c[nH]c(CN=Cc2c(O)[nH]c(=O)c3ccc(C4CCCC4)cc23)cc1=O. The molecule has 1 aliphatic carbocycles. The summed E-state index contributed by atoms with van der Waals surface area (Å²) in [5.74, 6) is 0.578. The maximum absolute atomic E-state index is 12.3. The van der Waals surface area contributed by atoms with Gasteiger partial charge in [0.25, 0.3) is 5.56 Å². The van der Waals surface area contributed by atoms with E-state index in [9.17, 15) is 14.7 Å². The average Bonchev–Trinajstić information content (AvgIpc) is 3.30. The van der Waals surface area contributed by atoms with E-state index in [-0.39, 0.29) is 23.4 Å². The second-order valence-electron chi connectivity index (χ2n) is 8.01. The van der Waals surface area contributed by atoms with Crippen LogP contribution in [0.2, 0.25) is 0 Å². The Morgan fingerprint density at radius 1 is 1.19 bits per heavy atom. The highest BCUT2D eigenvalue weighted by Crippen LogP contribution is 2.35. The molecule has 1 fully saturated rings. The lowest BCUT2D eigenvalue weighted by Gasteiger charge is -2.12. The van der Waals surface area contributed by atoms with Gasteiger partial charge in [0.1, 0.15) is 0 Å². The topological polar surface area (TPSA) is 108 Å². The highest BCUT2D eigenvalue weighted by molar-refractivity contribution is 6.01. The van der Waals surface area contributed by atoms with Gasteiger partial charge in [-0.05, 0) is 42.9 Å². The van der Waals surface area contributed by atoms with Gasteiger partial charge in [-0.1, -0.05) is 25.8 Å². The van der Waals surface area contributed by atoms with Crippen molar-refractivity contribution in [1.82, 2.24) is 9.97 Å². The Labute approximate surface area is 179 Å². The lowest BCUT2D eigenvalue weighted by molar-refractivity contribution is 0.313. The van der Waals surface area contributed by atoms with Crippen molar-refractivity contribution in [3.05, 3.63) is 67.9 Å². The molecule has 4 rings (SSSR count). The van der Waals surface area contributed by atoms with Crippen molar-refractivity contribution in [2.24, 2.45) is 4.99 Å². The maximum atomic E-state index is 12.3. The van der Waals surface area contributed by atoms with Crippen LogP contribution in [0.25, 0.3) is 10.8 Å². The Morgan fingerprint density at radius 2 is 2.00 bits per heavy atom. The Hall–Kier alpha value is -3.35. The van der Waals surface area contributed by atoms with Crippen LogP contribution >= 0.6 is 0 Å². The van der Waals surface area contributed by atoms with Crippen molar-refractivity contribution in [2.75, 3.05) is 6.61 Å². The Balaban J connectivity index is 1.62. The Bertz CT molecular complexity index is 1220. The first-order valence-electron chi connectivity index (χ1n) is 10.8. The smallest absolute Gasteiger partial charge is 0.258 e. The van der Waals surface area contributed by atoms with Crippen LogP contribution in [0.1, 0.15) is 61.8 Å². The summed E-state index contributed by atoms with van der Waals surface area (Å²) < 4.78 is 5.39. The molecule has 31 heavy (non-hydrogen) atoms. The number of hydrogen-bond acceptors (Lipinski definition) is 5. The number of nitrogens with one attached hydrogen (secondary N) is 2. The Kier molecular flexibility index (Phi) is 6.21. The number of hydrogen-bond donors (Lipinski definition) is 3.